The van der Waals surface area contributed by atoms with Gasteiger partial charge in [-0.3, -0.25) is 9.00 Å². The van der Waals surface area contributed by atoms with Gasteiger partial charge < -0.3 is 5.73 Å². The number of benzene rings is 2. The van der Waals surface area contributed by atoms with Crippen molar-refractivity contribution < 1.29 is 9.00 Å². The average Bonchev–Trinajstić information content (AvgIpc) is 2.38. The van der Waals surface area contributed by atoms with Gasteiger partial charge in [-0.05, 0) is 28.8 Å². The van der Waals surface area contributed by atoms with Crippen molar-refractivity contribution in [2.24, 2.45) is 5.73 Å². The van der Waals surface area contributed by atoms with E-state index in [0.717, 1.165) is 16.7 Å². The van der Waals surface area contributed by atoms with Crippen LogP contribution in [0.25, 0.3) is 11.1 Å². The molecule has 0 bridgehead atoms. The first-order chi connectivity index (χ1) is 9.54. The third kappa shape index (κ3) is 4.18. The molecule has 5 heteroatoms. The molecular formula is C15H14ClNO2S. The molecule has 1 atom stereocenters. The minimum atomic E-state index is -1.27. The molecule has 0 aromatic heterocycles. The SMILES string of the molecule is NC(=O)C[S@@](=O)Cc1cccc(-c2cccc(Cl)c2)c1. The van der Waals surface area contributed by atoms with Crippen LogP contribution >= 0.6 is 11.6 Å². The van der Waals surface area contributed by atoms with E-state index in [1.807, 2.05) is 48.5 Å². The summed E-state index contributed by atoms with van der Waals surface area (Å²) in [6.45, 7) is 0. The lowest BCUT2D eigenvalue weighted by Gasteiger charge is -2.06. The molecule has 0 saturated carbocycles. The van der Waals surface area contributed by atoms with Crippen LogP contribution in [0, 0.1) is 0 Å². The number of hydrogen-bond donors (Lipinski definition) is 1. The molecule has 0 radical (unpaired) electrons. The van der Waals surface area contributed by atoms with Crippen LogP contribution in [0.3, 0.4) is 0 Å². The zero-order valence-corrected chi connectivity index (χ0v) is 12.3. The molecule has 2 aromatic carbocycles. The van der Waals surface area contributed by atoms with Crippen LogP contribution in [0.4, 0.5) is 0 Å². The third-order valence-corrected chi connectivity index (χ3v) is 4.21. The molecule has 0 saturated heterocycles. The lowest BCUT2D eigenvalue weighted by molar-refractivity contribution is -0.115. The Morgan fingerprint density at radius 3 is 2.40 bits per heavy atom. The van der Waals surface area contributed by atoms with Gasteiger partial charge >= 0.3 is 0 Å². The number of carbonyl (C=O) groups excluding carboxylic acids is 1. The second-order valence-corrected chi connectivity index (χ2v) is 6.30. The van der Waals surface area contributed by atoms with Crippen molar-refractivity contribution >= 4 is 28.3 Å². The fraction of sp³-hybridized carbons (Fsp3) is 0.133. The lowest BCUT2D eigenvalue weighted by atomic mass is 10.0. The predicted molar refractivity (Wildman–Crippen MR) is 82.8 cm³/mol. The lowest BCUT2D eigenvalue weighted by Crippen LogP contribution is -2.20. The number of nitrogens with two attached hydrogens (primary N) is 1. The Bertz CT molecular complexity index is 658. The smallest absolute Gasteiger partial charge is 0.230 e. The number of carbonyl (C=O) groups is 1. The molecule has 0 heterocycles. The number of amides is 1. The number of hydrogen-bond acceptors (Lipinski definition) is 2. The molecule has 3 nitrogen and oxygen atoms in total. The zero-order valence-electron chi connectivity index (χ0n) is 10.7. The van der Waals surface area contributed by atoms with E-state index in [2.05, 4.69) is 0 Å². The Morgan fingerprint density at radius 1 is 1.10 bits per heavy atom. The van der Waals surface area contributed by atoms with Crippen LogP contribution in [-0.4, -0.2) is 15.9 Å². The summed E-state index contributed by atoms with van der Waals surface area (Å²) < 4.78 is 11.7. The van der Waals surface area contributed by atoms with E-state index in [-0.39, 0.29) is 5.75 Å². The van der Waals surface area contributed by atoms with E-state index in [1.54, 1.807) is 0 Å². The van der Waals surface area contributed by atoms with Crippen molar-refractivity contribution in [2.75, 3.05) is 5.75 Å². The van der Waals surface area contributed by atoms with E-state index in [1.165, 1.54) is 0 Å². The van der Waals surface area contributed by atoms with Crippen LogP contribution < -0.4 is 5.73 Å². The second-order valence-electron chi connectivity index (χ2n) is 4.41. The van der Waals surface area contributed by atoms with Gasteiger partial charge in [-0.1, -0.05) is 48.0 Å². The van der Waals surface area contributed by atoms with Crippen LogP contribution in [-0.2, 0) is 21.3 Å². The summed E-state index contributed by atoms with van der Waals surface area (Å²) in [6, 6.07) is 15.2. The van der Waals surface area contributed by atoms with Gasteiger partial charge in [0.1, 0.15) is 5.75 Å². The minimum absolute atomic E-state index is 0.110. The standard InChI is InChI=1S/C15H14ClNO2S/c16-14-6-2-5-13(8-14)12-4-1-3-11(7-12)9-20(19)10-15(17)18/h1-8H,9-10H2,(H2,17,18)/t20-/m0/s1. The highest BCUT2D eigenvalue weighted by molar-refractivity contribution is 7.84. The molecule has 2 aromatic rings. The highest BCUT2D eigenvalue weighted by Crippen LogP contribution is 2.23. The van der Waals surface area contributed by atoms with E-state index < -0.39 is 16.7 Å². The monoisotopic (exact) mass is 307 g/mol. The first-order valence-electron chi connectivity index (χ1n) is 6.03. The second kappa shape index (κ2) is 6.68. The maximum absolute atomic E-state index is 11.7. The minimum Gasteiger partial charge on any atom is -0.369 e. The van der Waals surface area contributed by atoms with Crippen molar-refractivity contribution in [1.82, 2.24) is 0 Å². The molecule has 0 unspecified atom stereocenters. The predicted octanol–water partition coefficient (Wildman–Crippen LogP) is 2.74. The Balaban J connectivity index is 2.20. The molecule has 0 fully saturated rings. The Morgan fingerprint density at radius 2 is 1.75 bits per heavy atom. The molecule has 1 amide bonds. The van der Waals surface area contributed by atoms with E-state index >= 15 is 0 Å². The largest absolute Gasteiger partial charge is 0.369 e. The molecule has 0 aliphatic heterocycles. The van der Waals surface area contributed by atoms with Crippen molar-refractivity contribution in [3.05, 3.63) is 59.1 Å². The Hall–Kier alpha value is -1.65. The topological polar surface area (TPSA) is 60.2 Å². The molecule has 20 heavy (non-hydrogen) atoms. The normalized spacial score (nSPS) is 12.1. The fourth-order valence-corrected chi connectivity index (χ4v) is 3.07. The van der Waals surface area contributed by atoms with E-state index in [4.69, 9.17) is 17.3 Å². The number of halogens is 1. The molecule has 2 rings (SSSR count). The fourth-order valence-electron chi connectivity index (χ4n) is 1.90. The molecule has 2 N–H and O–H groups in total. The van der Waals surface area contributed by atoms with Gasteiger partial charge in [0.15, 0.2) is 0 Å². The van der Waals surface area contributed by atoms with Gasteiger partial charge in [0.2, 0.25) is 5.91 Å². The van der Waals surface area contributed by atoms with Crippen LogP contribution in [0.15, 0.2) is 48.5 Å². The number of primary amides is 1. The van der Waals surface area contributed by atoms with E-state index in [9.17, 15) is 9.00 Å². The van der Waals surface area contributed by atoms with Crippen LogP contribution in [0.1, 0.15) is 5.56 Å². The Kier molecular flexibility index (Phi) is 4.93. The third-order valence-electron chi connectivity index (χ3n) is 2.72. The summed E-state index contributed by atoms with van der Waals surface area (Å²) in [5.74, 6) is -0.340. The van der Waals surface area contributed by atoms with Crippen LogP contribution in [0.5, 0.6) is 0 Å². The molecule has 0 aliphatic carbocycles. The highest BCUT2D eigenvalue weighted by Gasteiger charge is 2.07. The van der Waals surface area contributed by atoms with Crippen LogP contribution in [0.2, 0.25) is 5.02 Å². The molecular weight excluding hydrogens is 294 g/mol. The molecule has 104 valence electrons. The highest BCUT2D eigenvalue weighted by atomic mass is 35.5. The van der Waals surface area contributed by atoms with Gasteiger partial charge in [0.05, 0.1) is 0 Å². The van der Waals surface area contributed by atoms with Gasteiger partial charge in [-0.25, -0.2) is 0 Å². The quantitative estimate of drug-likeness (QED) is 0.923. The first kappa shape index (κ1) is 14.8. The number of rotatable bonds is 5. The average molecular weight is 308 g/mol. The van der Waals surface area contributed by atoms with Gasteiger partial charge in [0, 0.05) is 21.6 Å². The maximum Gasteiger partial charge on any atom is 0.230 e. The summed E-state index contributed by atoms with van der Waals surface area (Å²) in [7, 11) is -1.27. The van der Waals surface area contributed by atoms with Crippen molar-refractivity contribution in [3.8, 4) is 11.1 Å². The van der Waals surface area contributed by atoms with E-state index in [0.29, 0.717) is 10.8 Å². The Labute approximate surface area is 125 Å². The molecule has 0 spiro atoms. The van der Waals surface area contributed by atoms with Crippen molar-refractivity contribution in [2.45, 2.75) is 5.75 Å². The zero-order chi connectivity index (χ0) is 14.5. The van der Waals surface area contributed by atoms with Crippen molar-refractivity contribution in [3.63, 3.8) is 0 Å². The summed E-state index contributed by atoms with van der Waals surface area (Å²) in [5.41, 5.74) is 7.94. The van der Waals surface area contributed by atoms with Crippen molar-refractivity contribution in [1.29, 1.82) is 0 Å². The maximum atomic E-state index is 11.7. The van der Waals surface area contributed by atoms with Gasteiger partial charge in [0.25, 0.3) is 0 Å². The van der Waals surface area contributed by atoms with Gasteiger partial charge in [-0.2, -0.15) is 0 Å². The summed E-state index contributed by atoms with van der Waals surface area (Å²) in [6.07, 6.45) is 0. The summed E-state index contributed by atoms with van der Waals surface area (Å²) in [4.78, 5) is 10.7. The molecule has 0 aliphatic rings. The summed E-state index contributed by atoms with van der Waals surface area (Å²) in [5, 5.41) is 0.671. The van der Waals surface area contributed by atoms with Gasteiger partial charge in [-0.15, -0.1) is 0 Å². The first-order valence-corrected chi connectivity index (χ1v) is 7.89. The summed E-state index contributed by atoms with van der Waals surface area (Å²) >= 11 is 5.98.